The molecule has 6 heteroatoms. The minimum Gasteiger partial charge on any atom is -0.338 e. The summed E-state index contributed by atoms with van der Waals surface area (Å²) in [6.07, 6.45) is 3.53. The Morgan fingerprint density at radius 2 is 1.73 bits per heavy atom. The van der Waals surface area contributed by atoms with Gasteiger partial charge in [-0.25, -0.2) is 4.98 Å². The van der Waals surface area contributed by atoms with Crippen LogP contribution in [0.25, 0.3) is 0 Å². The molecule has 1 heterocycles. The number of rotatable bonds is 5. The van der Waals surface area contributed by atoms with Crippen molar-refractivity contribution in [2.24, 2.45) is 7.05 Å². The first-order valence-electron chi connectivity index (χ1n) is 8.25. The van der Waals surface area contributed by atoms with Gasteiger partial charge in [0.1, 0.15) is 11.9 Å². The first kappa shape index (κ1) is 17.4. The predicted molar refractivity (Wildman–Crippen MR) is 99.7 cm³/mol. The highest BCUT2D eigenvalue weighted by atomic mass is 16.2. The number of anilines is 1. The minimum atomic E-state index is -0.408. The fourth-order valence-corrected chi connectivity index (χ4v) is 2.72. The van der Waals surface area contributed by atoms with Crippen molar-refractivity contribution in [3.05, 3.63) is 83.9 Å². The van der Waals surface area contributed by atoms with Gasteiger partial charge in [0, 0.05) is 37.6 Å². The summed E-state index contributed by atoms with van der Waals surface area (Å²) < 4.78 is 1.87. The molecule has 2 N–H and O–H groups in total. The van der Waals surface area contributed by atoms with Crippen LogP contribution in [0.15, 0.2) is 67.0 Å². The number of imidazole rings is 1. The lowest BCUT2D eigenvalue weighted by atomic mass is 10.0. The average molecular weight is 348 g/mol. The molecule has 0 aliphatic rings. The van der Waals surface area contributed by atoms with Gasteiger partial charge in [0.25, 0.3) is 5.91 Å². The fraction of sp³-hybridized carbons (Fsp3) is 0.150. The van der Waals surface area contributed by atoms with E-state index in [9.17, 15) is 9.59 Å². The Morgan fingerprint density at radius 1 is 1.04 bits per heavy atom. The zero-order chi connectivity index (χ0) is 18.5. The number of hydrogen-bond donors (Lipinski definition) is 2. The summed E-state index contributed by atoms with van der Waals surface area (Å²) >= 11 is 0. The van der Waals surface area contributed by atoms with E-state index in [-0.39, 0.29) is 11.8 Å². The van der Waals surface area contributed by atoms with Crippen molar-refractivity contribution in [2.45, 2.75) is 13.0 Å². The normalized spacial score (nSPS) is 11.6. The molecular formula is C20H20N4O2. The Balaban J connectivity index is 1.90. The molecule has 26 heavy (non-hydrogen) atoms. The molecule has 132 valence electrons. The third kappa shape index (κ3) is 3.97. The molecule has 0 fully saturated rings. The van der Waals surface area contributed by atoms with E-state index in [1.807, 2.05) is 48.1 Å². The lowest BCUT2D eigenvalue weighted by Crippen LogP contribution is -2.31. The van der Waals surface area contributed by atoms with E-state index in [0.717, 1.165) is 11.4 Å². The van der Waals surface area contributed by atoms with Crippen LogP contribution in [-0.2, 0) is 11.8 Å². The third-order valence-electron chi connectivity index (χ3n) is 3.99. The van der Waals surface area contributed by atoms with E-state index < -0.39 is 6.04 Å². The number of nitrogens with one attached hydrogen (secondary N) is 2. The van der Waals surface area contributed by atoms with Gasteiger partial charge in [0.2, 0.25) is 5.91 Å². The molecule has 1 aromatic heterocycles. The van der Waals surface area contributed by atoms with Crippen LogP contribution < -0.4 is 10.6 Å². The van der Waals surface area contributed by atoms with Crippen LogP contribution in [0.4, 0.5) is 5.69 Å². The quantitative estimate of drug-likeness (QED) is 0.744. The smallest absolute Gasteiger partial charge is 0.252 e. The zero-order valence-electron chi connectivity index (χ0n) is 14.6. The molecule has 0 aliphatic heterocycles. The molecule has 6 nitrogen and oxygen atoms in total. The standard InChI is InChI=1S/C20H20N4O2/c1-14(25)22-17-10-8-15(9-11-17)18(19-21-12-13-24(19)2)23-20(26)16-6-4-3-5-7-16/h3-13,18H,1-2H3,(H,22,25)(H,23,26). The van der Waals surface area contributed by atoms with Crippen LogP contribution in [0.1, 0.15) is 34.7 Å². The van der Waals surface area contributed by atoms with Gasteiger partial charge in [0.05, 0.1) is 0 Å². The van der Waals surface area contributed by atoms with E-state index in [0.29, 0.717) is 11.3 Å². The molecule has 2 amide bonds. The van der Waals surface area contributed by atoms with Gasteiger partial charge in [-0.1, -0.05) is 30.3 Å². The number of nitrogens with zero attached hydrogens (tertiary/aromatic N) is 2. The molecule has 2 aromatic carbocycles. The first-order valence-corrected chi connectivity index (χ1v) is 8.25. The van der Waals surface area contributed by atoms with E-state index >= 15 is 0 Å². The van der Waals surface area contributed by atoms with Crippen molar-refractivity contribution in [3.8, 4) is 0 Å². The molecule has 0 saturated carbocycles. The maximum Gasteiger partial charge on any atom is 0.252 e. The topological polar surface area (TPSA) is 76.0 Å². The number of amides is 2. The van der Waals surface area contributed by atoms with Gasteiger partial charge in [-0.2, -0.15) is 0 Å². The van der Waals surface area contributed by atoms with Gasteiger partial charge in [0.15, 0.2) is 0 Å². The van der Waals surface area contributed by atoms with Crippen LogP contribution in [0.5, 0.6) is 0 Å². The van der Waals surface area contributed by atoms with Crippen molar-refractivity contribution in [3.63, 3.8) is 0 Å². The molecule has 0 aliphatic carbocycles. The SMILES string of the molecule is CC(=O)Nc1ccc(C(NC(=O)c2ccccc2)c2nccn2C)cc1. The summed E-state index contributed by atoms with van der Waals surface area (Å²) in [5, 5.41) is 5.78. The second kappa shape index (κ2) is 7.65. The van der Waals surface area contributed by atoms with E-state index in [1.165, 1.54) is 6.92 Å². The molecule has 0 spiro atoms. The van der Waals surface area contributed by atoms with Crippen molar-refractivity contribution < 1.29 is 9.59 Å². The molecule has 1 unspecified atom stereocenters. The molecular weight excluding hydrogens is 328 g/mol. The Bertz CT molecular complexity index is 901. The molecule has 0 saturated heterocycles. The molecule has 0 radical (unpaired) electrons. The summed E-state index contributed by atoms with van der Waals surface area (Å²) in [5.41, 5.74) is 2.16. The van der Waals surface area contributed by atoms with Crippen LogP contribution in [0.3, 0.4) is 0 Å². The predicted octanol–water partition coefficient (Wildman–Crippen LogP) is 2.90. The van der Waals surface area contributed by atoms with Gasteiger partial charge in [-0.15, -0.1) is 0 Å². The number of aryl methyl sites for hydroxylation is 1. The average Bonchev–Trinajstić information content (AvgIpc) is 3.06. The number of carbonyl (C=O) groups is 2. The Kier molecular flexibility index (Phi) is 5.12. The highest BCUT2D eigenvalue weighted by Gasteiger charge is 2.21. The third-order valence-corrected chi connectivity index (χ3v) is 3.99. The van der Waals surface area contributed by atoms with Crippen molar-refractivity contribution >= 4 is 17.5 Å². The summed E-state index contributed by atoms with van der Waals surface area (Å²) in [7, 11) is 1.88. The van der Waals surface area contributed by atoms with E-state index in [4.69, 9.17) is 0 Å². The number of hydrogen-bond acceptors (Lipinski definition) is 3. The number of carbonyl (C=O) groups excluding carboxylic acids is 2. The summed E-state index contributed by atoms with van der Waals surface area (Å²) in [6.45, 7) is 1.46. The van der Waals surface area contributed by atoms with Gasteiger partial charge < -0.3 is 15.2 Å². The zero-order valence-corrected chi connectivity index (χ0v) is 14.6. The molecule has 1 atom stereocenters. The van der Waals surface area contributed by atoms with Gasteiger partial charge in [-0.3, -0.25) is 9.59 Å². The number of benzene rings is 2. The Hall–Kier alpha value is -3.41. The maximum absolute atomic E-state index is 12.6. The summed E-state index contributed by atoms with van der Waals surface area (Å²) in [6, 6.07) is 16.0. The van der Waals surface area contributed by atoms with Crippen LogP contribution in [0, 0.1) is 0 Å². The highest BCUT2D eigenvalue weighted by molar-refractivity contribution is 5.94. The maximum atomic E-state index is 12.6. The van der Waals surface area contributed by atoms with Crippen LogP contribution in [-0.4, -0.2) is 21.4 Å². The number of aromatic nitrogens is 2. The summed E-state index contributed by atoms with van der Waals surface area (Å²) in [4.78, 5) is 28.2. The minimum absolute atomic E-state index is 0.129. The van der Waals surface area contributed by atoms with Crippen molar-refractivity contribution in [2.75, 3.05) is 5.32 Å². The fourth-order valence-electron chi connectivity index (χ4n) is 2.72. The molecule has 0 bridgehead atoms. The van der Waals surface area contributed by atoms with Gasteiger partial charge in [-0.05, 0) is 29.8 Å². The monoisotopic (exact) mass is 348 g/mol. The van der Waals surface area contributed by atoms with Crippen molar-refractivity contribution in [1.82, 2.24) is 14.9 Å². The first-order chi connectivity index (χ1) is 12.5. The Labute approximate surface area is 151 Å². The second-order valence-electron chi connectivity index (χ2n) is 5.97. The summed E-state index contributed by atoms with van der Waals surface area (Å²) in [5.74, 6) is 0.418. The Morgan fingerprint density at radius 3 is 2.31 bits per heavy atom. The van der Waals surface area contributed by atoms with E-state index in [2.05, 4.69) is 15.6 Å². The largest absolute Gasteiger partial charge is 0.338 e. The van der Waals surface area contributed by atoms with Crippen molar-refractivity contribution in [1.29, 1.82) is 0 Å². The molecule has 3 rings (SSSR count). The molecule has 3 aromatic rings. The van der Waals surface area contributed by atoms with E-state index in [1.54, 1.807) is 30.5 Å². The lowest BCUT2D eigenvalue weighted by molar-refractivity contribution is -0.114. The van der Waals surface area contributed by atoms with Gasteiger partial charge >= 0.3 is 0 Å². The van der Waals surface area contributed by atoms with Crippen LogP contribution in [0.2, 0.25) is 0 Å². The lowest BCUT2D eigenvalue weighted by Gasteiger charge is -2.19. The van der Waals surface area contributed by atoms with Crippen LogP contribution >= 0.6 is 0 Å². The highest BCUT2D eigenvalue weighted by Crippen LogP contribution is 2.23. The second-order valence-corrected chi connectivity index (χ2v) is 5.97.